The lowest BCUT2D eigenvalue weighted by molar-refractivity contribution is 0.0923. The molecule has 0 fully saturated rings. The van der Waals surface area contributed by atoms with Gasteiger partial charge < -0.3 is 5.32 Å². The van der Waals surface area contributed by atoms with E-state index in [1.807, 2.05) is 38.1 Å². The van der Waals surface area contributed by atoms with Gasteiger partial charge in [-0.2, -0.15) is 0 Å². The second-order valence-electron chi connectivity index (χ2n) is 4.85. The van der Waals surface area contributed by atoms with Crippen molar-refractivity contribution in [3.05, 3.63) is 42.1 Å². The van der Waals surface area contributed by atoms with Gasteiger partial charge in [0.15, 0.2) is 0 Å². The van der Waals surface area contributed by atoms with Crippen LogP contribution in [0.15, 0.2) is 36.5 Å². The monoisotopic (exact) mass is 306 g/mol. The van der Waals surface area contributed by atoms with Crippen LogP contribution >= 0.6 is 15.9 Å². The molecule has 0 aliphatic heterocycles. The highest BCUT2D eigenvalue weighted by molar-refractivity contribution is 9.09. The molecule has 0 saturated carbocycles. The molecule has 1 amide bonds. The van der Waals surface area contributed by atoms with Crippen molar-refractivity contribution in [3.63, 3.8) is 0 Å². The van der Waals surface area contributed by atoms with E-state index >= 15 is 0 Å². The first-order valence-electron chi connectivity index (χ1n) is 5.76. The highest BCUT2D eigenvalue weighted by Crippen LogP contribution is 2.17. The summed E-state index contributed by atoms with van der Waals surface area (Å²) in [5, 5.41) is 4.58. The number of hydrogen-bond acceptors (Lipinski definition) is 2. The van der Waals surface area contributed by atoms with Crippen LogP contribution in [0.4, 0.5) is 0 Å². The van der Waals surface area contributed by atoms with E-state index in [1.165, 1.54) is 0 Å². The number of fused-ring (bicyclic) bond motifs is 1. The molecule has 1 N–H and O–H groups in total. The average Bonchev–Trinajstić information content (AvgIpc) is 2.37. The molecule has 3 nitrogen and oxygen atoms in total. The molecule has 2 aromatic rings. The highest BCUT2D eigenvalue weighted by atomic mass is 79.9. The minimum absolute atomic E-state index is 0.0712. The smallest absolute Gasteiger partial charge is 0.252 e. The number of benzene rings is 1. The fraction of sp³-hybridized carbons (Fsp3) is 0.286. The van der Waals surface area contributed by atoms with Gasteiger partial charge in [0.05, 0.1) is 11.1 Å². The normalized spacial score (nSPS) is 11.5. The zero-order valence-corrected chi connectivity index (χ0v) is 12.0. The maximum atomic E-state index is 12.3. The number of alkyl halides is 1. The zero-order valence-electron chi connectivity index (χ0n) is 10.4. The Hall–Kier alpha value is -1.42. The summed E-state index contributed by atoms with van der Waals surface area (Å²) in [5.41, 5.74) is 1.22. The third kappa shape index (κ3) is 2.70. The maximum absolute atomic E-state index is 12.3. The van der Waals surface area contributed by atoms with E-state index in [2.05, 4.69) is 26.2 Å². The second-order valence-corrected chi connectivity index (χ2v) is 5.41. The lowest BCUT2D eigenvalue weighted by atomic mass is 10.1. The van der Waals surface area contributed by atoms with Crippen molar-refractivity contribution in [3.8, 4) is 0 Å². The van der Waals surface area contributed by atoms with Crippen LogP contribution in [0.1, 0.15) is 24.2 Å². The molecule has 0 bridgehead atoms. The summed E-state index contributed by atoms with van der Waals surface area (Å²) in [6.07, 6.45) is 1.67. The third-order valence-corrected chi connectivity index (χ3v) is 4.08. The summed E-state index contributed by atoms with van der Waals surface area (Å²) in [5.74, 6) is -0.0712. The van der Waals surface area contributed by atoms with E-state index in [0.717, 1.165) is 10.9 Å². The number of carbonyl (C=O) groups excluding carboxylic acids is 1. The summed E-state index contributed by atoms with van der Waals surface area (Å²) in [6, 6.07) is 9.40. The first kappa shape index (κ1) is 13.0. The largest absolute Gasteiger partial charge is 0.346 e. The number of pyridine rings is 1. The minimum Gasteiger partial charge on any atom is -0.346 e. The Labute approximate surface area is 115 Å². The molecule has 18 heavy (non-hydrogen) atoms. The number of nitrogens with zero attached hydrogens (tertiary/aromatic N) is 1. The Morgan fingerprint density at radius 1 is 1.33 bits per heavy atom. The number of halogens is 1. The van der Waals surface area contributed by atoms with Crippen molar-refractivity contribution >= 4 is 32.7 Å². The average molecular weight is 307 g/mol. The van der Waals surface area contributed by atoms with Crippen LogP contribution in [-0.2, 0) is 0 Å². The lowest BCUT2D eigenvalue weighted by Gasteiger charge is -2.23. The second kappa shape index (κ2) is 5.06. The van der Waals surface area contributed by atoms with E-state index in [0.29, 0.717) is 10.9 Å². The fourth-order valence-corrected chi connectivity index (χ4v) is 1.84. The molecule has 0 aliphatic rings. The molecule has 1 heterocycles. The molecule has 0 unspecified atom stereocenters. The number of para-hydroxylation sites is 1. The van der Waals surface area contributed by atoms with Crippen LogP contribution in [0.3, 0.4) is 0 Å². The fourth-order valence-electron chi connectivity index (χ4n) is 1.70. The SMILES string of the molecule is CC(C)(CBr)NC(=O)c1ccnc2ccccc12. The Kier molecular flexibility index (Phi) is 3.66. The first-order valence-corrected chi connectivity index (χ1v) is 6.88. The number of carbonyl (C=O) groups is 1. The van der Waals surface area contributed by atoms with Crippen LogP contribution in [0.2, 0.25) is 0 Å². The van der Waals surface area contributed by atoms with Crippen molar-refractivity contribution in [1.82, 2.24) is 10.3 Å². The van der Waals surface area contributed by atoms with E-state index in [1.54, 1.807) is 12.3 Å². The lowest BCUT2D eigenvalue weighted by Crippen LogP contribution is -2.44. The minimum atomic E-state index is -0.276. The van der Waals surface area contributed by atoms with Gasteiger partial charge in [-0.3, -0.25) is 9.78 Å². The predicted molar refractivity (Wildman–Crippen MR) is 77.1 cm³/mol. The van der Waals surface area contributed by atoms with E-state index in [-0.39, 0.29) is 11.4 Å². The topological polar surface area (TPSA) is 42.0 Å². The van der Waals surface area contributed by atoms with E-state index in [9.17, 15) is 4.79 Å². The van der Waals surface area contributed by atoms with Crippen molar-refractivity contribution in [2.75, 3.05) is 5.33 Å². The molecule has 0 saturated heterocycles. The highest BCUT2D eigenvalue weighted by Gasteiger charge is 2.20. The molecule has 0 radical (unpaired) electrons. The van der Waals surface area contributed by atoms with Gasteiger partial charge in [0.2, 0.25) is 0 Å². The van der Waals surface area contributed by atoms with Gasteiger partial charge in [-0.1, -0.05) is 34.1 Å². The van der Waals surface area contributed by atoms with Gasteiger partial charge in [-0.15, -0.1) is 0 Å². The quantitative estimate of drug-likeness (QED) is 0.885. The van der Waals surface area contributed by atoms with Gasteiger partial charge in [0.1, 0.15) is 0 Å². The van der Waals surface area contributed by atoms with Crippen molar-refractivity contribution in [1.29, 1.82) is 0 Å². The van der Waals surface area contributed by atoms with Crippen LogP contribution < -0.4 is 5.32 Å². The zero-order chi connectivity index (χ0) is 13.2. The van der Waals surface area contributed by atoms with E-state index in [4.69, 9.17) is 0 Å². The van der Waals surface area contributed by atoms with Crippen LogP contribution in [-0.4, -0.2) is 21.8 Å². The molecule has 4 heteroatoms. The van der Waals surface area contributed by atoms with E-state index < -0.39 is 0 Å². The van der Waals surface area contributed by atoms with Gasteiger partial charge in [0, 0.05) is 22.5 Å². The number of hydrogen-bond donors (Lipinski definition) is 1. The molecular weight excluding hydrogens is 292 g/mol. The summed E-state index contributed by atoms with van der Waals surface area (Å²) < 4.78 is 0. The van der Waals surface area contributed by atoms with Crippen LogP contribution in [0.25, 0.3) is 10.9 Å². The standard InChI is InChI=1S/C14H15BrN2O/c1-14(2,9-15)17-13(18)11-7-8-16-12-6-4-3-5-10(11)12/h3-8H,9H2,1-2H3,(H,17,18). The maximum Gasteiger partial charge on any atom is 0.252 e. The molecule has 2 rings (SSSR count). The summed E-state index contributed by atoms with van der Waals surface area (Å²) in [7, 11) is 0. The predicted octanol–water partition coefficient (Wildman–Crippen LogP) is 3.14. The first-order chi connectivity index (χ1) is 8.53. The summed E-state index contributed by atoms with van der Waals surface area (Å²) >= 11 is 3.39. The molecule has 0 aliphatic carbocycles. The van der Waals surface area contributed by atoms with Gasteiger partial charge in [-0.05, 0) is 26.0 Å². The van der Waals surface area contributed by atoms with Crippen molar-refractivity contribution in [2.45, 2.75) is 19.4 Å². The van der Waals surface area contributed by atoms with Crippen LogP contribution in [0.5, 0.6) is 0 Å². The third-order valence-electron chi connectivity index (χ3n) is 2.68. The number of rotatable bonds is 3. The summed E-state index contributed by atoms with van der Waals surface area (Å²) in [4.78, 5) is 16.5. The van der Waals surface area contributed by atoms with Gasteiger partial charge in [-0.25, -0.2) is 0 Å². The van der Waals surface area contributed by atoms with Crippen LogP contribution in [0, 0.1) is 0 Å². The number of amides is 1. The number of aromatic nitrogens is 1. The Morgan fingerprint density at radius 3 is 2.78 bits per heavy atom. The molecule has 1 aromatic carbocycles. The molecular formula is C14H15BrN2O. The Balaban J connectivity index is 2.39. The molecule has 0 spiro atoms. The Bertz CT molecular complexity index is 576. The van der Waals surface area contributed by atoms with Gasteiger partial charge >= 0.3 is 0 Å². The molecule has 1 aromatic heterocycles. The van der Waals surface area contributed by atoms with Crippen molar-refractivity contribution in [2.24, 2.45) is 0 Å². The molecule has 94 valence electrons. The summed E-state index contributed by atoms with van der Waals surface area (Å²) in [6.45, 7) is 3.95. The number of nitrogens with one attached hydrogen (secondary N) is 1. The van der Waals surface area contributed by atoms with Crippen molar-refractivity contribution < 1.29 is 4.79 Å². The Morgan fingerprint density at radius 2 is 2.06 bits per heavy atom. The van der Waals surface area contributed by atoms with Gasteiger partial charge in [0.25, 0.3) is 5.91 Å². The molecule has 0 atom stereocenters.